The second kappa shape index (κ2) is 8.52. The molecular weight excluding hydrogens is 266 g/mol. The maximum atomic E-state index is 11.7. The van der Waals surface area contributed by atoms with Crippen molar-refractivity contribution < 1.29 is 9.53 Å². The van der Waals surface area contributed by atoms with Gasteiger partial charge in [-0.15, -0.1) is 0 Å². The van der Waals surface area contributed by atoms with Crippen LogP contribution in [0.4, 0.5) is 11.4 Å². The summed E-state index contributed by atoms with van der Waals surface area (Å²) in [6.45, 7) is 5.77. The van der Waals surface area contributed by atoms with Crippen molar-refractivity contribution >= 4 is 17.3 Å². The zero-order valence-electron chi connectivity index (χ0n) is 13.5. The Morgan fingerprint density at radius 2 is 2.05 bits per heavy atom. The van der Waals surface area contributed by atoms with Gasteiger partial charge in [0.05, 0.1) is 18.0 Å². The third kappa shape index (κ3) is 4.36. The molecule has 5 nitrogen and oxygen atoms in total. The average Bonchev–Trinajstić information content (AvgIpc) is 2.51. The highest BCUT2D eigenvalue weighted by atomic mass is 16.5. The predicted octanol–water partition coefficient (Wildman–Crippen LogP) is 2.27. The molecule has 0 fully saturated rings. The molecule has 21 heavy (non-hydrogen) atoms. The molecule has 0 bridgehead atoms. The van der Waals surface area contributed by atoms with E-state index in [9.17, 15) is 4.79 Å². The standard InChI is InChI=1S/C16H27N3O2/c1-5-13(6-2)19(9-10-21-4)15-8-7-12(11-14(15)17)16(20)18-3/h7-8,11,13H,5-6,9-10,17H2,1-4H3,(H,18,20). The predicted molar refractivity (Wildman–Crippen MR) is 87.8 cm³/mol. The van der Waals surface area contributed by atoms with E-state index in [1.54, 1.807) is 20.2 Å². The SMILES string of the molecule is CCC(CC)N(CCOC)c1ccc(C(=O)NC)cc1N. The van der Waals surface area contributed by atoms with Gasteiger partial charge in [-0.1, -0.05) is 13.8 Å². The van der Waals surface area contributed by atoms with Crippen LogP contribution in [-0.4, -0.2) is 39.3 Å². The molecule has 3 N–H and O–H groups in total. The van der Waals surface area contributed by atoms with Crippen molar-refractivity contribution in [1.29, 1.82) is 0 Å². The summed E-state index contributed by atoms with van der Waals surface area (Å²) in [5, 5.41) is 2.61. The molecule has 1 aromatic carbocycles. The molecule has 1 amide bonds. The summed E-state index contributed by atoms with van der Waals surface area (Å²) < 4.78 is 5.21. The van der Waals surface area contributed by atoms with E-state index in [0.29, 0.717) is 23.9 Å². The van der Waals surface area contributed by atoms with Crippen molar-refractivity contribution in [1.82, 2.24) is 5.32 Å². The van der Waals surface area contributed by atoms with Gasteiger partial charge in [0.15, 0.2) is 0 Å². The maximum Gasteiger partial charge on any atom is 0.251 e. The first kappa shape index (κ1) is 17.3. The van der Waals surface area contributed by atoms with Crippen LogP contribution in [0.5, 0.6) is 0 Å². The van der Waals surface area contributed by atoms with E-state index in [1.165, 1.54) is 0 Å². The molecule has 0 aromatic heterocycles. The normalized spacial score (nSPS) is 10.7. The minimum Gasteiger partial charge on any atom is -0.397 e. The molecule has 1 aromatic rings. The van der Waals surface area contributed by atoms with Crippen LogP contribution >= 0.6 is 0 Å². The molecule has 0 aliphatic heterocycles. The summed E-state index contributed by atoms with van der Waals surface area (Å²) in [5.74, 6) is -0.126. The fourth-order valence-electron chi connectivity index (χ4n) is 2.52. The summed E-state index contributed by atoms with van der Waals surface area (Å²) in [5.41, 5.74) is 8.34. The number of nitrogen functional groups attached to an aromatic ring is 1. The number of nitrogens with zero attached hydrogens (tertiary/aromatic N) is 1. The minimum absolute atomic E-state index is 0.126. The Hall–Kier alpha value is -1.75. The molecule has 0 saturated carbocycles. The van der Waals surface area contributed by atoms with E-state index >= 15 is 0 Å². The van der Waals surface area contributed by atoms with Crippen LogP contribution in [0, 0.1) is 0 Å². The number of hydrogen-bond acceptors (Lipinski definition) is 4. The van der Waals surface area contributed by atoms with Gasteiger partial charge in [-0.3, -0.25) is 4.79 Å². The van der Waals surface area contributed by atoms with Gasteiger partial charge in [-0.05, 0) is 31.0 Å². The number of amides is 1. The molecule has 118 valence electrons. The largest absolute Gasteiger partial charge is 0.397 e. The van der Waals surface area contributed by atoms with Gasteiger partial charge in [-0.2, -0.15) is 0 Å². The number of rotatable bonds is 8. The molecule has 0 saturated heterocycles. The van der Waals surface area contributed by atoms with Crippen molar-refractivity contribution in [2.75, 3.05) is 37.9 Å². The molecule has 0 aliphatic rings. The highest BCUT2D eigenvalue weighted by Crippen LogP contribution is 2.28. The molecule has 0 aliphatic carbocycles. The second-order valence-corrected chi connectivity index (χ2v) is 5.01. The lowest BCUT2D eigenvalue weighted by Gasteiger charge is -2.33. The van der Waals surface area contributed by atoms with Gasteiger partial charge < -0.3 is 20.7 Å². The van der Waals surface area contributed by atoms with E-state index in [0.717, 1.165) is 25.1 Å². The summed E-state index contributed by atoms with van der Waals surface area (Å²) in [4.78, 5) is 13.9. The summed E-state index contributed by atoms with van der Waals surface area (Å²) in [7, 11) is 3.31. The number of nitrogens with two attached hydrogens (primary N) is 1. The lowest BCUT2D eigenvalue weighted by Crippen LogP contribution is -2.37. The quantitative estimate of drug-likeness (QED) is 0.722. The number of nitrogens with one attached hydrogen (secondary N) is 1. The van der Waals surface area contributed by atoms with Gasteiger partial charge in [-0.25, -0.2) is 0 Å². The molecule has 0 spiro atoms. The third-order valence-corrected chi connectivity index (χ3v) is 3.75. The molecule has 0 atom stereocenters. The van der Waals surface area contributed by atoms with Crippen LogP contribution in [-0.2, 0) is 4.74 Å². The Morgan fingerprint density at radius 1 is 1.38 bits per heavy atom. The van der Waals surface area contributed by atoms with E-state index in [1.807, 2.05) is 12.1 Å². The Bertz CT molecular complexity index is 459. The van der Waals surface area contributed by atoms with Gasteiger partial charge in [0, 0.05) is 32.3 Å². The lowest BCUT2D eigenvalue weighted by molar-refractivity contribution is 0.0963. The summed E-state index contributed by atoms with van der Waals surface area (Å²) in [6.07, 6.45) is 2.08. The van der Waals surface area contributed by atoms with Crippen molar-refractivity contribution in [2.45, 2.75) is 32.7 Å². The number of anilines is 2. The van der Waals surface area contributed by atoms with Crippen LogP contribution in [0.15, 0.2) is 18.2 Å². The van der Waals surface area contributed by atoms with Crippen LogP contribution in [0.1, 0.15) is 37.0 Å². The van der Waals surface area contributed by atoms with Crippen molar-refractivity contribution in [2.24, 2.45) is 0 Å². The molecule has 0 heterocycles. The molecule has 5 heteroatoms. The Labute approximate surface area is 127 Å². The topological polar surface area (TPSA) is 67.6 Å². The van der Waals surface area contributed by atoms with Crippen molar-refractivity contribution in [3.8, 4) is 0 Å². The highest BCUT2D eigenvalue weighted by Gasteiger charge is 2.18. The van der Waals surface area contributed by atoms with E-state index in [4.69, 9.17) is 10.5 Å². The Morgan fingerprint density at radius 3 is 2.52 bits per heavy atom. The Balaban J connectivity index is 3.09. The van der Waals surface area contributed by atoms with Crippen LogP contribution in [0.3, 0.4) is 0 Å². The van der Waals surface area contributed by atoms with Gasteiger partial charge in [0.2, 0.25) is 0 Å². The number of ether oxygens (including phenoxy) is 1. The van der Waals surface area contributed by atoms with Crippen LogP contribution in [0.2, 0.25) is 0 Å². The first-order valence-electron chi connectivity index (χ1n) is 7.46. The molecule has 0 unspecified atom stereocenters. The summed E-state index contributed by atoms with van der Waals surface area (Å²) >= 11 is 0. The third-order valence-electron chi connectivity index (χ3n) is 3.75. The maximum absolute atomic E-state index is 11.7. The van der Waals surface area contributed by atoms with E-state index < -0.39 is 0 Å². The van der Waals surface area contributed by atoms with E-state index in [-0.39, 0.29) is 5.91 Å². The zero-order chi connectivity index (χ0) is 15.8. The zero-order valence-corrected chi connectivity index (χ0v) is 13.5. The minimum atomic E-state index is -0.126. The Kier molecular flexibility index (Phi) is 7.02. The fraction of sp³-hybridized carbons (Fsp3) is 0.562. The molecular formula is C16H27N3O2. The number of carbonyl (C=O) groups excluding carboxylic acids is 1. The number of benzene rings is 1. The average molecular weight is 293 g/mol. The molecule has 1 rings (SSSR count). The first-order valence-corrected chi connectivity index (χ1v) is 7.46. The van der Waals surface area contributed by atoms with E-state index in [2.05, 4.69) is 24.1 Å². The number of carbonyl (C=O) groups is 1. The fourth-order valence-corrected chi connectivity index (χ4v) is 2.52. The summed E-state index contributed by atoms with van der Waals surface area (Å²) in [6, 6.07) is 5.88. The van der Waals surface area contributed by atoms with Gasteiger partial charge in [0.25, 0.3) is 5.91 Å². The van der Waals surface area contributed by atoms with Crippen molar-refractivity contribution in [3.05, 3.63) is 23.8 Å². The van der Waals surface area contributed by atoms with Crippen molar-refractivity contribution in [3.63, 3.8) is 0 Å². The highest BCUT2D eigenvalue weighted by molar-refractivity contribution is 5.96. The van der Waals surface area contributed by atoms with Crippen LogP contribution in [0.25, 0.3) is 0 Å². The first-order chi connectivity index (χ1) is 10.1. The lowest BCUT2D eigenvalue weighted by atomic mass is 10.1. The molecule has 0 radical (unpaired) electrons. The monoisotopic (exact) mass is 293 g/mol. The number of methoxy groups -OCH3 is 1. The van der Waals surface area contributed by atoms with Crippen LogP contribution < -0.4 is 16.0 Å². The smallest absolute Gasteiger partial charge is 0.251 e. The second-order valence-electron chi connectivity index (χ2n) is 5.01. The number of hydrogen-bond donors (Lipinski definition) is 2. The van der Waals surface area contributed by atoms with Gasteiger partial charge in [0.1, 0.15) is 0 Å². The van der Waals surface area contributed by atoms with Gasteiger partial charge >= 0.3 is 0 Å².